The van der Waals surface area contributed by atoms with E-state index in [1.54, 1.807) is 0 Å². The molecule has 2 rings (SSSR count). The van der Waals surface area contributed by atoms with Crippen LogP contribution in [0.5, 0.6) is 0 Å². The van der Waals surface area contributed by atoms with Crippen LogP contribution in [0.15, 0.2) is 36.4 Å². The summed E-state index contributed by atoms with van der Waals surface area (Å²) in [4.78, 5) is 17.7. The number of fused-ring (bicyclic) bond motifs is 1. The Morgan fingerprint density at radius 2 is 2.19 bits per heavy atom. The predicted molar refractivity (Wildman–Crippen MR) is 106 cm³/mol. The molecule has 0 saturated carbocycles. The zero-order valence-corrected chi connectivity index (χ0v) is 16.4. The van der Waals surface area contributed by atoms with Gasteiger partial charge in [0, 0.05) is 31.4 Å². The van der Waals surface area contributed by atoms with Gasteiger partial charge in [-0.1, -0.05) is 43.5 Å². The van der Waals surface area contributed by atoms with Gasteiger partial charge in [0.25, 0.3) is 0 Å². The molecule has 0 amide bonds. The van der Waals surface area contributed by atoms with Crippen molar-refractivity contribution in [1.82, 2.24) is 0 Å². The number of para-hydroxylation sites is 1. The predicted octanol–water partition coefficient (Wildman–Crippen LogP) is 3.58. The molecule has 1 aliphatic rings. The minimum Gasteiger partial charge on any atom is -0.454 e. The highest BCUT2D eigenvalue weighted by Crippen LogP contribution is 2.38. The first-order chi connectivity index (χ1) is 13.0. The Morgan fingerprint density at radius 3 is 2.85 bits per heavy atom. The number of carbonyl (C=O) groups is 1. The normalized spacial score (nSPS) is 17.5. The molecule has 0 fully saturated rings. The summed E-state index contributed by atoms with van der Waals surface area (Å²) in [5.74, 6) is 5.84. The summed E-state index contributed by atoms with van der Waals surface area (Å²) in [6.07, 6.45) is 1.31. The van der Waals surface area contributed by atoms with Crippen LogP contribution in [0.1, 0.15) is 51.5 Å². The van der Waals surface area contributed by atoms with Gasteiger partial charge >= 0.3 is 5.97 Å². The number of nitrogens with zero attached hydrogens (tertiary/aromatic N) is 1. The smallest absolute Gasteiger partial charge is 0.303 e. The molecule has 0 aliphatic carbocycles. The van der Waals surface area contributed by atoms with Crippen molar-refractivity contribution in [3.05, 3.63) is 42.0 Å². The van der Waals surface area contributed by atoms with Crippen molar-refractivity contribution in [2.45, 2.75) is 58.2 Å². The Balaban J connectivity index is 2.15. The van der Waals surface area contributed by atoms with Gasteiger partial charge in [-0.3, -0.25) is 14.7 Å². The lowest BCUT2D eigenvalue weighted by Gasteiger charge is -2.29. The number of hydroxylamine groups is 1. The molecule has 0 aromatic heterocycles. The van der Waals surface area contributed by atoms with E-state index in [2.05, 4.69) is 31.4 Å². The van der Waals surface area contributed by atoms with Gasteiger partial charge in [-0.05, 0) is 31.4 Å². The second kappa shape index (κ2) is 10.1. The van der Waals surface area contributed by atoms with E-state index in [-0.39, 0.29) is 12.5 Å². The molecule has 27 heavy (non-hydrogen) atoms. The fourth-order valence-corrected chi connectivity index (χ4v) is 3.22. The zero-order valence-electron chi connectivity index (χ0n) is 16.4. The molecule has 0 bridgehead atoms. The van der Waals surface area contributed by atoms with E-state index in [1.807, 2.05) is 30.2 Å². The first-order valence-electron chi connectivity index (χ1n) is 9.46. The van der Waals surface area contributed by atoms with Crippen LogP contribution in [0, 0.1) is 11.8 Å². The Hall–Kier alpha value is -2.29. The number of anilines is 1. The fourth-order valence-electron chi connectivity index (χ4n) is 3.22. The number of benzene rings is 1. The number of aliphatic hydroxyl groups excluding tert-OH is 1. The number of hydrogen-bond acceptors (Lipinski definition) is 5. The summed E-state index contributed by atoms with van der Waals surface area (Å²) < 4.78 is 5.44. The number of aliphatic hydroxyl groups is 1. The van der Waals surface area contributed by atoms with E-state index < -0.39 is 18.2 Å². The van der Waals surface area contributed by atoms with E-state index in [4.69, 9.17) is 9.57 Å². The van der Waals surface area contributed by atoms with Crippen LogP contribution in [0.25, 0.3) is 0 Å². The van der Waals surface area contributed by atoms with Crippen LogP contribution in [0.2, 0.25) is 0 Å². The monoisotopic (exact) mass is 371 g/mol. The Labute approximate surface area is 161 Å². The van der Waals surface area contributed by atoms with Crippen molar-refractivity contribution in [3.63, 3.8) is 0 Å². The molecular formula is C22H29NO4. The quantitative estimate of drug-likeness (QED) is 0.559. The summed E-state index contributed by atoms with van der Waals surface area (Å²) in [5, 5.41) is 11.2. The largest absolute Gasteiger partial charge is 0.454 e. The third-order valence-electron chi connectivity index (χ3n) is 4.49. The third kappa shape index (κ3) is 5.59. The summed E-state index contributed by atoms with van der Waals surface area (Å²) in [5.41, 5.74) is 2.67. The van der Waals surface area contributed by atoms with Crippen molar-refractivity contribution in [2.75, 3.05) is 18.2 Å². The van der Waals surface area contributed by atoms with Gasteiger partial charge in [0.05, 0.1) is 12.2 Å². The van der Waals surface area contributed by atoms with Crippen molar-refractivity contribution < 1.29 is 19.5 Å². The lowest BCUT2D eigenvalue weighted by Crippen LogP contribution is -2.38. The highest BCUT2D eigenvalue weighted by Gasteiger charge is 2.32. The topological polar surface area (TPSA) is 59.0 Å². The maximum atomic E-state index is 11.6. The second-order valence-corrected chi connectivity index (χ2v) is 6.75. The van der Waals surface area contributed by atoms with Crippen LogP contribution in [0.4, 0.5) is 5.69 Å². The van der Waals surface area contributed by atoms with Gasteiger partial charge < -0.3 is 9.84 Å². The molecule has 1 aromatic rings. The van der Waals surface area contributed by atoms with E-state index in [1.165, 1.54) is 6.92 Å². The van der Waals surface area contributed by atoms with Crippen molar-refractivity contribution in [2.24, 2.45) is 0 Å². The molecule has 0 spiro atoms. The minimum atomic E-state index is -0.643. The fraction of sp³-hybridized carbons (Fsp3) is 0.500. The molecule has 1 aromatic carbocycles. The van der Waals surface area contributed by atoms with Gasteiger partial charge in [-0.25, -0.2) is 0 Å². The number of ether oxygens (including phenoxy) is 1. The van der Waals surface area contributed by atoms with Gasteiger partial charge in [0.15, 0.2) is 6.10 Å². The number of unbranched alkanes of at least 4 members (excludes halogenated alkanes) is 1. The lowest BCUT2D eigenvalue weighted by atomic mass is 9.99. The molecular weight excluding hydrogens is 342 g/mol. The molecule has 1 unspecified atom stereocenters. The van der Waals surface area contributed by atoms with E-state index in [0.717, 1.165) is 24.1 Å². The van der Waals surface area contributed by atoms with Crippen LogP contribution >= 0.6 is 0 Å². The number of hydrogen-bond donors (Lipinski definition) is 1. The number of rotatable bonds is 8. The van der Waals surface area contributed by atoms with Crippen LogP contribution in [-0.4, -0.2) is 36.4 Å². The summed E-state index contributed by atoms with van der Waals surface area (Å²) >= 11 is 0. The maximum absolute atomic E-state index is 11.6. The molecule has 5 heteroatoms. The molecule has 0 saturated heterocycles. The van der Waals surface area contributed by atoms with E-state index in [9.17, 15) is 9.90 Å². The van der Waals surface area contributed by atoms with E-state index in [0.29, 0.717) is 18.5 Å². The number of esters is 1. The Bertz CT molecular complexity index is 719. The maximum Gasteiger partial charge on any atom is 0.303 e. The third-order valence-corrected chi connectivity index (χ3v) is 4.49. The molecule has 1 aliphatic heterocycles. The first-order valence-corrected chi connectivity index (χ1v) is 9.46. The highest BCUT2D eigenvalue weighted by molar-refractivity contribution is 5.67. The Kier molecular flexibility index (Phi) is 7.90. The Morgan fingerprint density at radius 1 is 1.44 bits per heavy atom. The zero-order chi connectivity index (χ0) is 19.8. The average Bonchev–Trinajstić information content (AvgIpc) is 2.97. The van der Waals surface area contributed by atoms with Gasteiger partial charge in [0.1, 0.15) is 6.10 Å². The molecule has 5 nitrogen and oxygen atoms in total. The summed E-state index contributed by atoms with van der Waals surface area (Å²) in [6, 6.07) is 8.00. The summed E-state index contributed by atoms with van der Waals surface area (Å²) in [7, 11) is 0. The number of carbonyl (C=O) groups excluding carboxylic acids is 1. The second-order valence-electron chi connectivity index (χ2n) is 6.75. The first kappa shape index (κ1) is 21.0. The minimum absolute atomic E-state index is 0.127. The molecule has 0 radical (unpaired) electrons. The highest BCUT2D eigenvalue weighted by atomic mass is 16.7. The molecule has 146 valence electrons. The molecule has 3 atom stereocenters. The van der Waals surface area contributed by atoms with Gasteiger partial charge in [-0.2, -0.15) is 0 Å². The lowest BCUT2D eigenvalue weighted by molar-refractivity contribution is -0.151. The van der Waals surface area contributed by atoms with E-state index >= 15 is 0 Å². The van der Waals surface area contributed by atoms with Crippen LogP contribution in [0.3, 0.4) is 0 Å². The summed E-state index contributed by atoms with van der Waals surface area (Å²) in [6.45, 7) is 10.0. The van der Waals surface area contributed by atoms with Gasteiger partial charge in [-0.15, -0.1) is 0 Å². The van der Waals surface area contributed by atoms with Crippen molar-refractivity contribution in [1.29, 1.82) is 0 Å². The van der Waals surface area contributed by atoms with Crippen LogP contribution in [-0.2, 0) is 14.4 Å². The molecule has 1 heterocycles. The van der Waals surface area contributed by atoms with Crippen LogP contribution < -0.4 is 5.06 Å². The standard InChI is InChI=1S/C22H29NO4/c1-5-6-7-10-16(2)22(26-18(4)25)17(3)27-23-15-19(13-14-24)20-11-8-9-12-21(20)23/h8-9,11-12,17,19,22,24H,2,5-6,13-15H2,1,3-4H3/t17-,19?,22-/m0/s1. The van der Waals surface area contributed by atoms with Gasteiger partial charge in [0.2, 0.25) is 0 Å². The molecule has 1 N–H and O–H groups in total. The van der Waals surface area contributed by atoms with Crippen molar-refractivity contribution in [3.8, 4) is 11.8 Å². The van der Waals surface area contributed by atoms with Crippen molar-refractivity contribution >= 4 is 11.7 Å². The average molecular weight is 371 g/mol. The SMILES string of the molecule is C=C(C#CCCC)[C@H](OC(C)=O)[C@H](C)ON1CC(CCO)c2ccccc21.